The lowest BCUT2D eigenvalue weighted by molar-refractivity contribution is 0.192. The highest BCUT2D eigenvalue weighted by Crippen LogP contribution is 2.24. The average Bonchev–Trinajstić information content (AvgIpc) is 2.60. The number of rotatable bonds is 8. The molecule has 0 atom stereocenters. The van der Waals surface area contributed by atoms with Gasteiger partial charge in [-0.15, -0.1) is 0 Å². The molecule has 0 unspecified atom stereocenters. The van der Waals surface area contributed by atoms with E-state index in [0.29, 0.717) is 24.8 Å². The number of amides is 2. The molecule has 0 saturated heterocycles. The van der Waals surface area contributed by atoms with Crippen molar-refractivity contribution >= 4 is 6.03 Å². The summed E-state index contributed by atoms with van der Waals surface area (Å²) in [5, 5.41) is 2.96. The molecule has 0 aromatic heterocycles. The van der Waals surface area contributed by atoms with Crippen molar-refractivity contribution in [3.8, 4) is 5.75 Å². The summed E-state index contributed by atoms with van der Waals surface area (Å²) in [4.78, 5) is 13.9. The minimum absolute atomic E-state index is 0.0139. The molecule has 1 aliphatic rings. The van der Waals surface area contributed by atoms with Crippen LogP contribution in [0.1, 0.15) is 44.9 Å². The second-order valence-corrected chi connectivity index (χ2v) is 6.63. The van der Waals surface area contributed by atoms with Gasteiger partial charge in [-0.2, -0.15) is 0 Å². The van der Waals surface area contributed by atoms with Gasteiger partial charge in [0.05, 0.1) is 6.61 Å². The third kappa shape index (κ3) is 6.77. The number of nitrogens with zero attached hydrogens (tertiary/aromatic N) is 1. The molecule has 4 nitrogen and oxygen atoms in total. The minimum atomic E-state index is -0.262. The largest absolute Gasteiger partial charge is 0.494 e. The normalized spacial score (nSPS) is 15.1. The molecule has 134 valence electrons. The van der Waals surface area contributed by atoms with Crippen LogP contribution in [0.15, 0.2) is 24.3 Å². The molecular weight excluding hydrogens is 307 g/mol. The molecule has 0 radical (unpaired) electrons. The van der Waals surface area contributed by atoms with Gasteiger partial charge in [-0.1, -0.05) is 19.3 Å². The van der Waals surface area contributed by atoms with Crippen molar-refractivity contribution in [2.45, 2.75) is 44.9 Å². The van der Waals surface area contributed by atoms with Crippen molar-refractivity contribution in [3.05, 3.63) is 30.1 Å². The van der Waals surface area contributed by atoms with Crippen molar-refractivity contribution in [2.24, 2.45) is 5.92 Å². The van der Waals surface area contributed by atoms with Gasteiger partial charge >= 0.3 is 6.03 Å². The SMILES string of the molecule is CN(CC1CCCCC1)C(=O)NCCCCOc1ccc(F)cc1. The molecule has 1 aromatic rings. The number of urea groups is 1. The number of nitrogens with one attached hydrogen (secondary N) is 1. The molecule has 1 aromatic carbocycles. The van der Waals surface area contributed by atoms with Crippen LogP contribution in [0.5, 0.6) is 5.75 Å². The number of benzene rings is 1. The van der Waals surface area contributed by atoms with E-state index in [1.807, 2.05) is 11.9 Å². The first-order valence-electron chi connectivity index (χ1n) is 9.02. The lowest BCUT2D eigenvalue weighted by Crippen LogP contribution is -2.40. The number of hydrogen-bond acceptors (Lipinski definition) is 2. The molecule has 24 heavy (non-hydrogen) atoms. The summed E-state index contributed by atoms with van der Waals surface area (Å²) >= 11 is 0. The average molecular weight is 336 g/mol. The quantitative estimate of drug-likeness (QED) is 0.723. The Morgan fingerprint density at radius 3 is 2.62 bits per heavy atom. The van der Waals surface area contributed by atoms with Gasteiger partial charge in [0.25, 0.3) is 0 Å². The maximum absolute atomic E-state index is 12.8. The summed E-state index contributed by atoms with van der Waals surface area (Å²) in [5.41, 5.74) is 0. The Balaban J connectivity index is 1.51. The van der Waals surface area contributed by atoms with Crippen LogP contribution in [0.3, 0.4) is 0 Å². The molecule has 1 saturated carbocycles. The van der Waals surface area contributed by atoms with Crippen LogP contribution >= 0.6 is 0 Å². The maximum atomic E-state index is 12.8. The van der Waals surface area contributed by atoms with Crippen molar-refractivity contribution in [2.75, 3.05) is 26.7 Å². The van der Waals surface area contributed by atoms with Crippen LogP contribution in [0.25, 0.3) is 0 Å². The van der Waals surface area contributed by atoms with Crippen molar-refractivity contribution < 1.29 is 13.9 Å². The van der Waals surface area contributed by atoms with E-state index in [4.69, 9.17) is 4.74 Å². The standard InChI is InChI=1S/C19H29FN2O2/c1-22(15-16-7-3-2-4-8-16)19(23)21-13-5-6-14-24-18-11-9-17(20)10-12-18/h9-12,16H,2-8,13-15H2,1H3,(H,21,23). The highest BCUT2D eigenvalue weighted by atomic mass is 19.1. The Morgan fingerprint density at radius 1 is 1.21 bits per heavy atom. The van der Waals surface area contributed by atoms with Crippen LogP contribution < -0.4 is 10.1 Å². The van der Waals surface area contributed by atoms with Crippen molar-refractivity contribution in [1.82, 2.24) is 10.2 Å². The third-order valence-electron chi connectivity index (χ3n) is 4.53. The summed E-state index contributed by atoms with van der Waals surface area (Å²) in [6.07, 6.45) is 8.15. The van der Waals surface area contributed by atoms with E-state index in [-0.39, 0.29) is 11.8 Å². The number of unbranched alkanes of at least 4 members (excludes halogenated alkanes) is 1. The lowest BCUT2D eigenvalue weighted by Gasteiger charge is -2.27. The van der Waals surface area contributed by atoms with E-state index < -0.39 is 0 Å². The molecule has 0 aliphatic heterocycles. The van der Waals surface area contributed by atoms with Crippen LogP contribution in [0, 0.1) is 11.7 Å². The number of hydrogen-bond donors (Lipinski definition) is 1. The summed E-state index contributed by atoms with van der Waals surface area (Å²) in [6.45, 7) is 2.08. The highest BCUT2D eigenvalue weighted by Gasteiger charge is 2.17. The van der Waals surface area contributed by atoms with E-state index in [0.717, 1.165) is 19.4 Å². The molecule has 0 spiro atoms. The lowest BCUT2D eigenvalue weighted by atomic mass is 9.89. The zero-order valence-corrected chi connectivity index (χ0v) is 14.6. The van der Waals surface area contributed by atoms with Crippen molar-refractivity contribution in [1.29, 1.82) is 0 Å². The van der Waals surface area contributed by atoms with Gasteiger partial charge in [-0.05, 0) is 55.9 Å². The fourth-order valence-electron chi connectivity index (χ4n) is 3.12. The van der Waals surface area contributed by atoms with Gasteiger partial charge in [0.1, 0.15) is 11.6 Å². The van der Waals surface area contributed by atoms with Gasteiger partial charge in [-0.3, -0.25) is 0 Å². The smallest absolute Gasteiger partial charge is 0.317 e. The van der Waals surface area contributed by atoms with Gasteiger partial charge in [-0.25, -0.2) is 9.18 Å². The summed E-state index contributed by atoms with van der Waals surface area (Å²) < 4.78 is 18.3. The molecule has 0 bridgehead atoms. The number of halogens is 1. The number of carbonyl (C=O) groups excluding carboxylic acids is 1. The fraction of sp³-hybridized carbons (Fsp3) is 0.632. The van der Waals surface area contributed by atoms with E-state index >= 15 is 0 Å². The molecule has 2 amide bonds. The fourth-order valence-corrected chi connectivity index (χ4v) is 3.12. The van der Waals surface area contributed by atoms with E-state index in [1.54, 1.807) is 12.1 Å². The molecule has 1 N–H and O–H groups in total. The Kier molecular flexibility index (Phi) is 7.86. The highest BCUT2D eigenvalue weighted by molar-refractivity contribution is 5.73. The van der Waals surface area contributed by atoms with Crippen LogP contribution in [-0.2, 0) is 0 Å². The number of carbonyl (C=O) groups is 1. The Bertz CT molecular complexity index is 487. The maximum Gasteiger partial charge on any atom is 0.317 e. The molecule has 2 rings (SSSR count). The Labute approximate surface area is 144 Å². The van der Waals surface area contributed by atoms with E-state index in [1.165, 1.54) is 44.2 Å². The molecule has 0 heterocycles. The number of ether oxygens (including phenoxy) is 1. The molecule has 1 aliphatic carbocycles. The summed E-state index contributed by atoms with van der Waals surface area (Å²) in [5.74, 6) is 1.08. The first-order chi connectivity index (χ1) is 11.6. The predicted molar refractivity (Wildman–Crippen MR) is 93.7 cm³/mol. The van der Waals surface area contributed by atoms with Gasteiger partial charge in [0, 0.05) is 20.1 Å². The molecular formula is C19H29FN2O2. The zero-order valence-electron chi connectivity index (χ0n) is 14.6. The first kappa shape index (κ1) is 18.6. The summed E-state index contributed by atoms with van der Waals surface area (Å²) in [6, 6.07) is 6.03. The second kappa shape index (κ2) is 10.2. The summed E-state index contributed by atoms with van der Waals surface area (Å²) in [7, 11) is 1.88. The predicted octanol–water partition coefficient (Wildman–Crippen LogP) is 4.21. The van der Waals surface area contributed by atoms with Gasteiger partial charge in [0.15, 0.2) is 0 Å². The monoisotopic (exact) mass is 336 g/mol. The van der Waals surface area contributed by atoms with Crippen LogP contribution in [-0.4, -0.2) is 37.7 Å². The van der Waals surface area contributed by atoms with E-state index in [9.17, 15) is 9.18 Å². The topological polar surface area (TPSA) is 41.6 Å². The zero-order chi connectivity index (χ0) is 17.2. The first-order valence-corrected chi connectivity index (χ1v) is 9.02. The second-order valence-electron chi connectivity index (χ2n) is 6.63. The van der Waals surface area contributed by atoms with Crippen LogP contribution in [0.4, 0.5) is 9.18 Å². The third-order valence-corrected chi connectivity index (χ3v) is 4.53. The Hall–Kier alpha value is -1.78. The Morgan fingerprint density at radius 2 is 1.92 bits per heavy atom. The van der Waals surface area contributed by atoms with Gasteiger partial charge < -0.3 is 15.0 Å². The van der Waals surface area contributed by atoms with Crippen LogP contribution in [0.2, 0.25) is 0 Å². The van der Waals surface area contributed by atoms with E-state index in [2.05, 4.69) is 5.32 Å². The minimum Gasteiger partial charge on any atom is -0.494 e. The molecule has 1 fully saturated rings. The molecule has 5 heteroatoms. The van der Waals surface area contributed by atoms with Gasteiger partial charge in [0.2, 0.25) is 0 Å². The van der Waals surface area contributed by atoms with Crippen molar-refractivity contribution in [3.63, 3.8) is 0 Å².